The van der Waals surface area contributed by atoms with Crippen molar-refractivity contribution >= 4 is 35.3 Å². The summed E-state index contributed by atoms with van der Waals surface area (Å²) >= 11 is 0. The van der Waals surface area contributed by atoms with Crippen molar-refractivity contribution < 1.29 is 38.4 Å². The highest BCUT2D eigenvalue weighted by Gasteiger charge is 2.34. The van der Waals surface area contributed by atoms with Crippen LogP contribution in [0.15, 0.2) is 30.3 Å². The molecule has 6 N–H and O–H groups in total. The summed E-state index contributed by atoms with van der Waals surface area (Å²) in [5.41, 5.74) is 0.598. The fraction of sp³-hybridized carbons (Fsp3) is 0.769. The van der Waals surface area contributed by atoms with Gasteiger partial charge in [-0.2, -0.15) is 11.8 Å². The molecule has 0 unspecified atom stereocenters. The third kappa shape index (κ3) is 30.5. The Morgan fingerprint density at radius 3 is 1.22 bits per heavy atom. The van der Waals surface area contributed by atoms with Gasteiger partial charge in [-0.15, -0.1) is 0 Å². The Labute approximate surface area is 388 Å². The van der Waals surface area contributed by atoms with E-state index in [0.29, 0.717) is 32.1 Å². The fourth-order valence-corrected chi connectivity index (χ4v) is 7.96. The molecule has 0 bridgehead atoms. The Balaban J connectivity index is 0.00000131. The molecule has 0 heterocycles. The second-order valence-electron chi connectivity index (χ2n) is 18.8. The predicted octanol–water partition coefficient (Wildman–Crippen LogP) is 11.0. The van der Waals surface area contributed by atoms with Crippen molar-refractivity contribution in [2.45, 2.75) is 240 Å². The fourth-order valence-electron chi connectivity index (χ4n) is 7.96. The highest BCUT2D eigenvalue weighted by Crippen LogP contribution is 2.24. The molecular weight excluding hydrogens is 809 g/mol. The first kappa shape index (κ1) is 60.4. The Hall–Kier alpha value is -3.64. The largest absolute Gasteiger partial charge is 0.373 e. The van der Waals surface area contributed by atoms with Crippen molar-refractivity contribution in [3.8, 4) is 0 Å². The smallest absolute Gasteiger partial charge is 0.325 e. The standard InChI is InChI=1S/C31H52N2O4.C21H40N2O4/c1-3-5-6-7-8-9-10-11-12-13-14-15-16-20-23-27(25-30(35)37-32)31(36)33-28(29(34)4-2)24-26-21-18-17-19-22-26;1-6-8-9-10-11-12-13-14-16(15-18(25)27-22)20(26)23-19(17(24)7-2)21(3,4)5/h17-19,21-22,27-28H,3-16,20,23-25,32H2,1-2H3,(H,33,36);16,19H,6-15,22H2,1-5H3,(H,23,26)/t27-,28+;16-,19-/m11/s1. The first-order chi connectivity index (χ1) is 30.7. The number of hydrogen-bond acceptors (Lipinski definition) is 10. The van der Waals surface area contributed by atoms with Crippen LogP contribution in [0.5, 0.6) is 0 Å². The molecule has 12 nitrogen and oxygen atoms in total. The van der Waals surface area contributed by atoms with E-state index in [4.69, 9.17) is 11.8 Å². The minimum Gasteiger partial charge on any atom is -0.373 e. The minimum absolute atomic E-state index is 0.00748. The Morgan fingerprint density at radius 1 is 0.516 bits per heavy atom. The molecule has 0 spiro atoms. The van der Waals surface area contributed by atoms with Gasteiger partial charge in [0.2, 0.25) is 11.8 Å². The molecule has 2 amide bonds. The Morgan fingerprint density at radius 2 is 0.875 bits per heavy atom. The second-order valence-corrected chi connectivity index (χ2v) is 18.8. The summed E-state index contributed by atoms with van der Waals surface area (Å²) in [6, 6.07) is 8.47. The van der Waals surface area contributed by atoms with E-state index in [1.807, 2.05) is 51.1 Å². The molecule has 0 aromatic heterocycles. The van der Waals surface area contributed by atoms with Crippen LogP contribution < -0.4 is 22.4 Å². The monoisotopic (exact) mass is 901 g/mol. The maximum Gasteiger partial charge on any atom is 0.325 e. The van der Waals surface area contributed by atoms with Crippen molar-refractivity contribution in [2.24, 2.45) is 29.0 Å². The van der Waals surface area contributed by atoms with Crippen molar-refractivity contribution in [2.75, 3.05) is 0 Å². The summed E-state index contributed by atoms with van der Waals surface area (Å²) in [4.78, 5) is 82.7. The average Bonchev–Trinajstić information content (AvgIpc) is 3.28. The summed E-state index contributed by atoms with van der Waals surface area (Å²) in [7, 11) is 0. The zero-order valence-electron chi connectivity index (χ0n) is 41.4. The molecule has 4 atom stereocenters. The van der Waals surface area contributed by atoms with Gasteiger partial charge in [-0.25, -0.2) is 0 Å². The van der Waals surface area contributed by atoms with Crippen LogP contribution in [0.25, 0.3) is 0 Å². The van der Waals surface area contributed by atoms with Gasteiger partial charge in [0, 0.05) is 24.7 Å². The summed E-state index contributed by atoms with van der Waals surface area (Å²) < 4.78 is 0. The maximum atomic E-state index is 13.1. The maximum absolute atomic E-state index is 13.1. The van der Waals surface area contributed by atoms with Crippen LogP contribution in [0.2, 0.25) is 0 Å². The minimum atomic E-state index is -0.605. The molecule has 368 valence electrons. The van der Waals surface area contributed by atoms with Crippen LogP contribution in [0.1, 0.15) is 227 Å². The summed E-state index contributed by atoms with van der Waals surface area (Å²) in [5.74, 6) is 7.14. The lowest BCUT2D eigenvalue weighted by Gasteiger charge is -2.31. The lowest BCUT2D eigenvalue weighted by Crippen LogP contribution is -2.51. The van der Waals surface area contributed by atoms with Crippen LogP contribution in [-0.2, 0) is 44.9 Å². The number of nitrogens with one attached hydrogen (secondary N) is 2. The van der Waals surface area contributed by atoms with Gasteiger partial charge >= 0.3 is 11.9 Å². The van der Waals surface area contributed by atoms with Crippen molar-refractivity contribution in [1.29, 1.82) is 0 Å². The first-order valence-electron chi connectivity index (χ1n) is 25.2. The van der Waals surface area contributed by atoms with Gasteiger partial charge in [0.05, 0.1) is 24.9 Å². The van der Waals surface area contributed by atoms with Gasteiger partial charge in [-0.3, -0.25) is 28.8 Å². The van der Waals surface area contributed by atoms with E-state index >= 15 is 0 Å². The zero-order valence-corrected chi connectivity index (χ0v) is 41.4. The van der Waals surface area contributed by atoms with Gasteiger partial charge in [0.15, 0.2) is 11.6 Å². The first-order valence-corrected chi connectivity index (χ1v) is 25.2. The molecular formula is C52H92N4O8. The van der Waals surface area contributed by atoms with Crippen molar-refractivity contribution in [3.63, 3.8) is 0 Å². The van der Waals surface area contributed by atoms with Gasteiger partial charge in [-0.1, -0.05) is 214 Å². The second kappa shape index (κ2) is 38.6. The molecule has 0 aliphatic carbocycles. The topological polar surface area (TPSA) is 197 Å². The number of unbranched alkanes of at least 4 members (excludes halogenated alkanes) is 19. The molecule has 64 heavy (non-hydrogen) atoms. The van der Waals surface area contributed by atoms with Crippen LogP contribution in [0.3, 0.4) is 0 Å². The van der Waals surface area contributed by atoms with E-state index in [1.165, 1.54) is 96.3 Å². The number of nitrogens with two attached hydrogens (primary N) is 2. The number of amides is 2. The van der Waals surface area contributed by atoms with Crippen LogP contribution >= 0.6 is 0 Å². The predicted molar refractivity (Wildman–Crippen MR) is 258 cm³/mol. The molecule has 0 saturated heterocycles. The summed E-state index contributed by atoms with van der Waals surface area (Å²) in [6.07, 6.45) is 27.8. The van der Waals surface area contributed by atoms with Gasteiger partial charge in [0.25, 0.3) is 0 Å². The van der Waals surface area contributed by atoms with E-state index in [-0.39, 0.29) is 41.6 Å². The van der Waals surface area contributed by atoms with E-state index in [0.717, 1.165) is 44.1 Å². The third-order valence-electron chi connectivity index (χ3n) is 12.1. The number of carbonyl (C=O) groups excluding carboxylic acids is 6. The van der Waals surface area contributed by atoms with E-state index in [2.05, 4.69) is 34.2 Å². The number of benzene rings is 1. The van der Waals surface area contributed by atoms with Crippen molar-refractivity contribution in [1.82, 2.24) is 10.6 Å². The molecule has 0 aliphatic heterocycles. The lowest BCUT2D eigenvalue weighted by atomic mass is 9.82. The molecule has 1 aromatic carbocycles. The summed E-state index contributed by atoms with van der Waals surface area (Å²) in [6.45, 7) is 13.8. The number of hydrogen-bond donors (Lipinski definition) is 4. The van der Waals surface area contributed by atoms with Crippen molar-refractivity contribution in [3.05, 3.63) is 35.9 Å². The molecule has 0 saturated carbocycles. The van der Waals surface area contributed by atoms with Crippen LogP contribution in [-0.4, -0.2) is 47.4 Å². The van der Waals surface area contributed by atoms with Crippen LogP contribution in [0.4, 0.5) is 0 Å². The van der Waals surface area contributed by atoms with E-state index < -0.39 is 35.9 Å². The van der Waals surface area contributed by atoms with Crippen LogP contribution in [0, 0.1) is 17.3 Å². The molecule has 0 fully saturated rings. The number of rotatable bonds is 37. The highest BCUT2D eigenvalue weighted by molar-refractivity contribution is 5.92. The average molecular weight is 901 g/mol. The molecule has 1 aromatic rings. The molecule has 0 aliphatic rings. The van der Waals surface area contributed by atoms with Gasteiger partial charge in [-0.05, 0) is 30.2 Å². The molecule has 1 rings (SSSR count). The van der Waals surface area contributed by atoms with E-state index in [1.54, 1.807) is 13.8 Å². The molecule has 0 radical (unpaired) electrons. The lowest BCUT2D eigenvalue weighted by molar-refractivity contribution is -0.148. The third-order valence-corrected chi connectivity index (χ3v) is 12.1. The quantitative estimate of drug-likeness (QED) is 0.0368. The number of Topliss-reactive ketones (excluding diaryl/α,β-unsaturated/α-hetero) is 2. The Bertz CT molecular complexity index is 1400. The Kier molecular flexibility index (Phi) is 36.4. The summed E-state index contributed by atoms with van der Waals surface area (Å²) in [5, 5.41) is 5.78. The van der Waals surface area contributed by atoms with Gasteiger partial charge in [0.1, 0.15) is 0 Å². The van der Waals surface area contributed by atoms with E-state index in [9.17, 15) is 28.8 Å². The zero-order chi connectivity index (χ0) is 48.0. The SMILES string of the molecule is CCCCCCCCCCCCCCCC[C@H](CC(=O)ON)C(=O)N[C@@H](Cc1ccccc1)C(=O)CC.CCCCCCCCC[C@H](CC(=O)ON)C(=O)N[C@H](C(=O)CC)C(C)(C)C. The number of ketones is 2. The normalized spacial score (nSPS) is 13.1. The number of carbonyl (C=O) groups is 6. The van der Waals surface area contributed by atoms with Gasteiger partial charge < -0.3 is 20.3 Å². The molecule has 12 heteroatoms. The highest BCUT2D eigenvalue weighted by atomic mass is 16.7.